The molecule has 0 spiro atoms. The Hall–Kier alpha value is -1.11. The third-order valence-electron chi connectivity index (χ3n) is 2.07. The van der Waals surface area contributed by atoms with Gasteiger partial charge in [0.2, 0.25) is 0 Å². The highest BCUT2D eigenvalue weighted by Gasteiger charge is 2.18. The highest BCUT2D eigenvalue weighted by Crippen LogP contribution is 1.96. The molecule has 1 unspecified atom stereocenters. The van der Waals surface area contributed by atoms with Crippen LogP contribution < -0.4 is 10.6 Å². The number of rotatable bonds is 8. The zero-order chi connectivity index (χ0) is 13.3. The van der Waals surface area contributed by atoms with Crippen LogP contribution in [-0.2, 0) is 15.6 Å². The minimum Gasteiger partial charge on any atom is -0.480 e. The van der Waals surface area contributed by atoms with Crippen molar-refractivity contribution < 1.29 is 18.9 Å². The molecule has 0 aliphatic heterocycles. The van der Waals surface area contributed by atoms with Crippen molar-refractivity contribution in [3.05, 3.63) is 0 Å². The Labute approximate surface area is 104 Å². The van der Waals surface area contributed by atoms with E-state index in [2.05, 4.69) is 10.6 Å². The zero-order valence-corrected chi connectivity index (χ0v) is 11.0. The predicted molar refractivity (Wildman–Crippen MR) is 66.4 cm³/mol. The monoisotopic (exact) mass is 264 g/mol. The largest absolute Gasteiger partial charge is 0.480 e. The summed E-state index contributed by atoms with van der Waals surface area (Å²) in [6, 6.07) is -1.34. The van der Waals surface area contributed by atoms with E-state index in [1.54, 1.807) is 6.26 Å². The van der Waals surface area contributed by atoms with Crippen molar-refractivity contribution in [1.29, 1.82) is 0 Å². The van der Waals surface area contributed by atoms with E-state index in [1.807, 2.05) is 6.92 Å². The molecule has 0 aromatic rings. The SMILES string of the molecule is CCC[C@H](NC(=O)NCCCS(C)=O)C(=O)O. The molecule has 0 aromatic carbocycles. The lowest BCUT2D eigenvalue weighted by Gasteiger charge is -2.14. The van der Waals surface area contributed by atoms with Crippen LogP contribution in [0.1, 0.15) is 26.2 Å². The minimum atomic E-state index is -1.03. The Balaban J connectivity index is 3.82. The lowest BCUT2D eigenvalue weighted by molar-refractivity contribution is -0.139. The van der Waals surface area contributed by atoms with Crippen LogP contribution in [0.5, 0.6) is 0 Å². The average molecular weight is 264 g/mol. The summed E-state index contributed by atoms with van der Waals surface area (Å²) >= 11 is 0. The van der Waals surface area contributed by atoms with Crippen molar-refractivity contribution in [2.75, 3.05) is 18.6 Å². The molecule has 2 amide bonds. The summed E-state index contributed by atoms with van der Waals surface area (Å²) in [4.78, 5) is 22.1. The van der Waals surface area contributed by atoms with Gasteiger partial charge in [0.05, 0.1) is 0 Å². The van der Waals surface area contributed by atoms with Crippen molar-refractivity contribution in [2.24, 2.45) is 0 Å². The van der Waals surface area contributed by atoms with Gasteiger partial charge in [-0.15, -0.1) is 0 Å². The van der Waals surface area contributed by atoms with Crippen LogP contribution >= 0.6 is 0 Å². The first-order chi connectivity index (χ1) is 7.97. The van der Waals surface area contributed by atoms with Crippen LogP contribution in [-0.4, -0.2) is 45.9 Å². The highest BCUT2D eigenvalue weighted by atomic mass is 32.2. The van der Waals surface area contributed by atoms with Gasteiger partial charge in [0, 0.05) is 29.4 Å². The third kappa shape index (κ3) is 8.67. The molecular weight excluding hydrogens is 244 g/mol. The summed E-state index contributed by atoms with van der Waals surface area (Å²) in [5.41, 5.74) is 0. The molecule has 0 rings (SSSR count). The molecule has 6 nitrogen and oxygen atoms in total. The van der Waals surface area contributed by atoms with Crippen molar-refractivity contribution in [2.45, 2.75) is 32.2 Å². The van der Waals surface area contributed by atoms with E-state index >= 15 is 0 Å². The molecular formula is C10H20N2O4S. The summed E-state index contributed by atoms with van der Waals surface area (Å²) in [5, 5.41) is 13.7. The Kier molecular flexibility index (Phi) is 8.39. The molecule has 3 N–H and O–H groups in total. The van der Waals surface area contributed by atoms with Crippen LogP contribution in [0.4, 0.5) is 4.79 Å². The summed E-state index contributed by atoms with van der Waals surface area (Å²) < 4.78 is 10.7. The van der Waals surface area contributed by atoms with Crippen LogP contribution in [0.3, 0.4) is 0 Å². The molecule has 0 aromatic heterocycles. The first kappa shape index (κ1) is 15.9. The number of nitrogens with one attached hydrogen (secondary N) is 2. The number of carboxylic acid groups (broad SMARTS) is 1. The molecule has 0 aliphatic carbocycles. The van der Waals surface area contributed by atoms with E-state index in [1.165, 1.54) is 0 Å². The number of urea groups is 1. The van der Waals surface area contributed by atoms with E-state index in [0.717, 1.165) is 0 Å². The Bertz CT molecular complexity index is 283. The summed E-state index contributed by atoms with van der Waals surface area (Å²) in [7, 11) is -0.867. The second-order valence-corrected chi connectivity index (χ2v) is 5.27. The molecule has 7 heteroatoms. The van der Waals surface area contributed by atoms with Gasteiger partial charge in [-0.05, 0) is 12.8 Å². The van der Waals surface area contributed by atoms with Crippen molar-refractivity contribution in [3.63, 3.8) is 0 Å². The fourth-order valence-electron chi connectivity index (χ4n) is 1.23. The van der Waals surface area contributed by atoms with Crippen molar-refractivity contribution in [3.8, 4) is 0 Å². The fraction of sp³-hybridized carbons (Fsp3) is 0.800. The summed E-state index contributed by atoms with van der Waals surface area (Å²) in [6.45, 7) is 2.25. The van der Waals surface area contributed by atoms with E-state index in [4.69, 9.17) is 5.11 Å². The quantitative estimate of drug-likeness (QED) is 0.550. The van der Waals surface area contributed by atoms with Crippen LogP contribution in [0.25, 0.3) is 0 Å². The van der Waals surface area contributed by atoms with E-state index in [0.29, 0.717) is 31.6 Å². The molecule has 0 heterocycles. The number of carbonyl (C=O) groups excluding carboxylic acids is 1. The number of carboxylic acids is 1. The third-order valence-corrected chi connectivity index (χ3v) is 2.94. The van der Waals surface area contributed by atoms with Gasteiger partial charge in [0.25, 0.3) is 0 Å². The lowest BCUT2D eigenvalue weighted by Crippen LogP contribution is -2.46. The molecule has 0 radical (unpaired) electrons. The van der Waals surface area contributed by atoms with Crippen molar-refractivity contribution >= 4 is 22.8 Å². The first-order valence-electron chi connectivity index (χ1n) is 5.54. The molecule has 0 saturated heterocycles. The number of amides is 2. The Morgan fingerprint density at radius 2 is 2.06 bits per heavy atom. The van der Waals surface area contributed by atoms with Crippen molar-refractivity contribution in [1.82, 2.24) is 10.6 Å². The van der Waals surface area contributed by atoms with Crippen LogP contribution in [0.2, 0.25) is 0 Å². The van der Waals surface area contributed by atoms with Gasteiger partial charge in [-0.3, -0.25) is 4.21 Å². The maximum absolute atomic E-state index is 11.3. The molecule has 0 aliphatic rings. The Morgan fingerprint density at radius 3 is 2.53 bits per heavy atom. The number of hydrogen-bond donors (Lipinski definition) is 3. The molecule has 100 valence electrons. The molecule has 0 saturated carbocycles. The number of aliphatic carboxylic acids is 1. The summed E-state index contributed by atoms with van der Waals surface area (Å²) in [6.07, 6.45) is 3.30. The number of hydrogen-bond acceptors (Lipinski definition) is 3. The van der Waals surface area contributed by atoms with Gasteiger partial charge in [0.15, 0.2) is 0 Å². The zero-order valence-electron chi connectivity index (χ0n) is 10.2. The van der Waals surface area contributed by atoms with Crippen LogP contribution in [0, 0.1) is 0 Å². The van der Waals surface area contributed by atoms with Gasteiger partial charge in [-0.25, -0.2) is 9.59 Å². The van der Waals surface area contributed by atoms with Gasteiger partial charge < -0.3 is 15.7 Å². The van der Waals surface area contributed by atoms with Crippen LogP contribution in [0.15, 0.2) is 0 Å². The fourth-order valence-corrected chi connectivity index (χ4v) is 1.78. The second kappa shape index (κ2) is 8.98. The van der Waals surface area contributed by atoms with E-state index in [-0.39, 0.29) is 0 Å². The normalized spacial score (nSPS) is 13.8. The average Bonchev–Trinajstić information content (AvgIpc) is 2.23. The second-order valence-electron chi connectivity index (χ2n) is 3.71. The van der Waals surface area contributed by atoms with E-state index in [9.17, 15) is 13.8 Å². The first-order valence-corrected chi connectivity index (χ1v) is 7.27. The standard InChI is InChI=1S/C10H20N2O4S/c1-3-5-8(9(13)14)12-10(15)11-6-4-7-17(2)16/h8H,3-7H2,1-2H3,(H,13,14)(H2,11,12,15)/t8-,17?/m0/s1. The van der Waals surface area contributed by atoms with Gasteiger partial charge in [-0.2, -0.15) is 0 Å². The number of carbonyl (C=O) groups is 2. The molecule has 0 fully saturated rings. The maximum Gasteiger partial charge on any atom is 0.326 e. The molecule has 17 heavy (non-hydrogen) atoms. The molecule has 2 atom stereocenters. The lowest BCUT2D eigenvalue weighted by atomic mass is 10.2. The van der Waals surface area contributed by atoms with Gasteiger partial charge >= 0.3 is 12.0 Å². The highest BCUT2D eigenvalue weighted by molar-refractivity contribution is 7.84. The maximum atomic E-state index is 11.3. The minimum absolute atomic E-state index is 0.393. The molecule has 0 bridgehead atoms. The van der Waals surface area contributed by atoms with Gasteiger partial charge in [-0.1, -0.05) is 13.3 Å². The Morgan fingerprint density at radius 1 is 1.41 bits per heavy atom. The van der Waals surface area contributed by atoms with Gasteiger partial charge in [0.1, 0.15) is 6.04 Å². The summed E-state index contributed by atoms with van der Waals surface area (Å²) in [5.74, 6) is -0.505. The smallest absolute Gasteiger partial charge is 0.326 e. The van der Waals surface area contributed by atoms with E-state index < -0.39 is 28.8 Å². The topological polar surface area (TPSA) is 95.5 Å². The predicted octanol–water partition coefficient (Wildman–Crippen LogP) is 0.308.